The Bertz CT molecular complexity index is 733. The van der Waals surface area contributed by atoms with Crippen LogP contribution in [0.5, 0.6) is 0 Å². The molecule has 0 unspecified atom stereocenters. The Kier molecular flexibility index (Phi) is 2.28. The number of hydrogen-bond donors (Lipinski definition) is 0. The normalized spacial score (nSPS) is 14.1. The minimum atomic E-state index is -3.39. The molecule has 94 valence electrons. The Labute approximate surface area is 105 Å². The van der Waals surface area contributed by atoms with Gasteiger partial charge in [0.15, 0.2) is 0 Å². The second-order valence-corrected chi connectivity index (χ2v) is 6.35. The zero-order valence-electron chi connectivity index (χ0n) is 10.1. The first kappa shape index (κ1) is 11.3. The average molecular weight is 264 g/mol. The molecule has 3 rings (SSSR count). The highest BCUT2D eigenvalue weighted by atomic mass is 32.2. The number of sulfone groups is 1. The number of aryl methyl sites for hydroxylation is 3. The molecule has 1 aliphatic carbocycles. The van der Waals surface area contributed by atoms with Gasteiger partial charge in [0.25, 0.3) is 0 Å². The zero-order valence-corrected chi connectivity index (χ0v) is 10.9. The second kappa shape index (κ2) is 3.61. The largest absolute Gasteiger partial charge is 0.266 e. The maximum absolute atomic E-state index is 11.5. The van der Waals surface area contributed by atoms with Gasteiger partial charge in [-0.2, -0.15) is 5.10 Å². The monoisotopic (exact) mass is 264 g/mol. The first-order chi connectivity index (χ1) is 8.47. The Morgan fingerprint density at radius 2 is 1.94 bits per heavy atom. The molecule has 0 bridgehead atoms. The number of hydrogen-bond acceptors (Lipinski definition) is 5. The van der Waals surface area contributed by atoms with E-state index in [2.05, 4.69) is 15.1 Å². The lowest BCUT2D eigenvalue weighted by Crippen LogP contribution is -2.12. The van der Waals surface area contributed by atoms with Crippen molar-refractivity contribution in [2.24, 2.45) is 7.05 Å². The summed E-state index contributed by atoms with van der Waals surface area (Å²) in [5, 5.41) is 4.07. The van der Waals surface area contributed by atoms with Gasteiger partial charge < -0.3 is 0 Å². The lowest BCUT2D eigenvalue weighted by molar-refractivity contribution is 0.592. The van der Waals surface area contributed by atoms with Crippen LogP contribution in [0.25, 0.3) is 11.4 Å². The molecule has 7 heteroatoms. The van der Waals surface area contributed by atoms with Crippen molar-refractivity contribution >= 4 is 9.84 Å². The summed E-state index contributed by atoms with van der Waals surface area (Å²) < 4.78 is 24.7. The van der Waals surface area contributed by atoms with E-state index in [1.54, 1.807) is 17.1 Å². The van der Waals surface area contributed by atoms with E-state index in [1.807, 2.05) is 7.05 Å². The fourth-order valence-corrected chi connectivity index (χ4v) is 2.70. The summed E-state index contributed by atoms with van der Waals surface area (Å²) in [6.07, 6.45) is 6.23. The number of nitrogens with zero attached hydrogens (tertiary/aromatic N) is 4. The third-order valence-electron chi connectivity index (χ3n) is 3.08. The van der Waals surface area contributed by atoms with Gasteiger partial charge in [-0.05, 0) is 24.0 Å². The fraction of sp³-hybridized carbons (Fsp3) is 0.364. The van der Waals surface area contributed by atoms with Crippen LogP contribution in [0.3, 0.4) is 0 Å². The lowest BCUT2D eigenvalue weighted by atomic mass is 9.95. The predicted octanol–water partition coefficient (Wildman–Crippen LogP) is 0.379. The molecule has 2 aromatic rings. The van der Waals surface area contributed by atoms with Gasteiger partial charge >= 0.3 is 0 Å². The second-order valence-electron chi connectivity index (χ2n) is 4.44. The van der Waals surface area contributed by atoms with Crippen molar-refractivity contribution < 1.29 is 8.42 Å². The Morgan fingerprint density at radius 3 is 2.67 bits per heavy atom. The summed E-state index contributed by atoms with van der Waals surface area (Å²) >= 11 is 0. The van der Waals surface area contributed by atoms with Gasteiger partial charge in [-0.1, -0.05) is 0 Å². The maximum Gasteiger partial charge on any atom is 0.247 e. The van der Waals surface area contributed by atoms with E-state index in [-0.39, 0.29) is 5.16 Å². The van der Waals surface area contributed by atoms with E-state index in [1.165, 1.54) is 0 Å². The smallest absolute Gasteiger partial charge is 0.247 e. The van der Waals surface area contributed by atoms with Gasteiger partial charge in [-0.15, -0.1) is 0 Å². The van der Waals surface area contributed by atoms with E-state index in [0.29, 0.717) is 5.69 Å². The minimum absolute atomic E-state index is 0.129. The SMILES string of the molecule is Cn1ncc2c1-c1nc(S(C)(=O)=O)ncc1CC2. The Morgan fingerprint density at radius 1 is 1.22 bits per heavy atom. The minimum Gasteiger partial charge on any atom is -0.266 e. The summed E-state index contributed by atoms with van der Waals surface area (Å²) in [6, 6.07) is 0. The van der Waals surface area contributed by atoms with Crippen molar-refractivity contribution in [3.63, 3.8) is 0 Å². The van der Waals surface area contributed by atoms with Gasteiger partial charge in [-0.3, -0.25) is 4.68 Å². The lowest BCUT2D eigenvalue weighted by Gasteiger charge is -2.16. The van der Waals surface area contributed by atoms with Crippen LogP contribution >= 0.6 is 0 Å². The molecular weight excluding hydrogens is 252 g/mol. The van der Waals surface area contributed by atoms with Crippen LogP contribution in [0.2, 0.25) is 0 Å². The van der Waals surface area contributed by atoms with Crippen molar-refractivity contribution in [2.75, 3.05) is 6.26 Å². The van der Waals surface area contributed by atoms with Crippen LogP contribution in [0.15, 0.2) is 17.6 Å². The molecule has 0 amide bonds. The van der Waals surface area contributed by atoms with Gasteiger partial charge in [-0.25, -0.2) is 18.4 Å². The van der Waals surface area contributed by atoms with Crippen LogP contribution in [-0.2, 0) is 29.7 Å². The van der Waals surface area contributed by atoms with Crippen LogP contribution in [0, 0.1) is 0 Å². The van der Waals surface area contributed by atoms with Gasteiger partial charge in [0.2, 0.25) is 15.0 Å². The van der Waals surface area contributed by atoms with Crippen LogP contribution in [0.1, 0.15) is 11.1 Å². The van der Waals surface area contributed by atoms with Crippen molar-refractivity contribution in [2.45, 2.75) is 18.0 Å². The molecule has 0 saturated heterocycles. The molecule has 0 N–H and O–H groups in total. The molecule has 0 fully saturated rings. The molecule has 1 aliphatic rings. The molecule has 0 spiro atoms. The number of rotatable bonds is 1. The van der Waals surface area contributed by atoms with E-state index in [0.717, 1.165) is 35.9 Å². The molecule has 2 aromatic heterocycles. The van der Waals surface area contributed by atoms with Crippen molar-refractivity contribution in [1.29, 1.82) is 0 Å². The van der Waals surface area contributed by atoms with Crippen LogP contribution in [0.4, 0.5) is 0 Å². The molecule has 0 atom stereocenters. The van der Waals surface area contributed by atoms with Crippen LogP contribution < -0.4 is 0 Å². The quantitative estimate of drug-likeness (QED) is 0.696. The fourth-order valence-electron chi connectivity index (χ4n) is 2.20. The van der Waals surface area contributed by atoms with Crippen LogP contribution in [-0.4, -0.2) is 34.4 Å². The molecule has 0 saturated carbocycles. The third kappa shape index (κ3) is 1.62. The van der Waals surface area contributed by atoms with Crippen molar-refractivity contribution in [1.82, 2.24) is 19.7 Å². The first-order valence-electron chi connectivity index (χ1n) is 5.54. The third-order valence-corrected chi connectivity index (χ3v) is 3.94. The van der Waals surface area contributed by atoms with Crippen molar-refractivity contribution in [3.8, 4) is 11.4 Å². The van der Waals surface area contributed by atoms with E-state index in [4.69, 9.17) is 0 Å². The number of aromatic nitrogens is 4. The van der Waals surface area contributed by atoms with E-state index >= 15 is 0 Å². The summed E-state index contributed by atoms with van der Waals surface area (Å²) in [5.74, 6) is 0. The van der Waals surface area contributed by atoms with Gasteiger partial charge in [0.05, 0.1) is 17.6 Å². The molecule has 18 heavy (non-hydrogen) atoms. The van der Waals surface area contributed by atoms with Gasteiger partial charge in [0, 0.05) is 19.5 Å². The predicted molar refractivity (Wildman–Crippen MR) is 64.8 cm³/mol. The molecule has 0 radical (unpaired) electrons. The molecule has 0 aliphatic heterocycles. The Balaban J connectivity index is 2.28. The van der Waals surface area contributed by atoms with Gasteiger partial charge in [0.1, 0.15) is 0 Å². The molecule has 2 heterocycles. The highest BCUT2D eigenvalue weighted by molar-refractivity contribution is 7.90. The van der Waals surface area contributed by atoms with Crippen molar-refractivity contribution in [3.05, 3.63) is 23.5 Å². The molecular formula is C11H12N4O2S. The number of fused-ring (bicyclic) bond motifs is 3. The average Bonchev–Trinajstić information content (AvgIpc) is 2.69. The highest BCUT2D eigenvalue weighted by Crippen LogP contribution is 2.31. The summed E-state index contributed by atoms with van der Waals surface area (Å²) in [4.78, 5) is 8.12. The standard InChI is InChI=1S/C11H12N4O2S/c1-15-10-8(6-13-15)4-3-7-5-12-11(14-9(7)10)18(2,16)17/h5-6H,3-4H2,1-2H3. The summed E-state index contributed by atoms with van der Waals surface area (Å²) in [5.41, 5.74) is 3.65. The maximum atomic E-state index is 11.5. The summed E-state index contributed by atoms with van der Waals surface area (Å²) in [6.45, 7) is 0. The van der Waals surface area contributed by atoms with E-state index in [9.17, 15) is 8.42 Å². The summed E-state index contributed by atoms with van der Waals surface area (Å²) in [7, 11) is -1.56. The topological polar surface area (TPSA) is 77.7 Å². The highest BCUT2D eigenvalue weighted by Gasteiger charge is 2.24. The molecule has 6 nitrogen and oxygen atoms in total. The first-order valence-corrected chi connectivity index (χ1v) is 7.43. The molecule has 0 aromatic carbocycles. The zero-order chi connectivity index (χ0) is 12.9. The van der Waals surface area contributed by atoms with E-state index < -0.39 is 9.84 Å². The Hall–Kier alpha value is -1.76.